The van der Waals surface area contributed by atoms with E-state index in [9.17, 15) is 27.9 Å². The molecule has 1 saturated carbocycles. The molecule has 1 aromatic heterocycles. The average molecular weight is 405 g/mol. The first-order chi connectivity index (χ1) is 13.7. The highest BCUT2D eigenvalue weighted by atomic mass is 19.4. The highest BCUT2D eigenvalue weighted by Crippen LogP contribution is 2.47. The monoisotopic (exact) mass is 405 g/mol. The van der Waals surface area contributed by atoms with Crippen molar-refractivity contribution in [3.05, 3.63) is 52.8 Å². The van der Waals surface area contributed by atoms with Crippen LogP contribution in [-0.4, -0.2) is 32.4 Å². The van der Waals surface area contributed by atoms with Crippen LogP contribution in [0.4, 0.5) is 13.2 Å². The molecule has 0 spiro atoms. The van der Waals surface area contributed by atoms with E-state index in [0.717, 1.165) is 4.68 Å². The number of nitrogens with zero attached hydrogens (tertiary/aromatic N) is 3. The maximum absolute atomic E-state index is 12.8. The number of ether oxygens (including phenoxy) is 1. The summed E-state index contributed by atoms with van der Waals surface area (Å²) in [7, 11) is 0. The Kier molecular flexibility index (Phi) is 4.29. The van der Waals surface area contributed by atoms with E-state index >= 15 is 0 Å². The summed E-state index contributed by atoms with van der Waals surface area (Å²) in [5.74, 6) is -1.32. The number of alkyl halides is 3. The summed E-state index contributed by atoms with van der Waals surface area (Å²) in [6.45, 7) is -0.0577. The summed E-state index contributed by atoms with van der Waals surface area (Å²) in [4.78, 5) is 24.1. The lowest BCUT2D eigenvalue weighted by atomic mass is 10.0. The molecule has 2 aromatic carbocycles. The van der Waals surface area contributed by atoms with E-state index in [1.807, 2.05) is 0 Å². The van der Waals surface area contributed by atoms with Gasteiger partial charge in [-0.25, -0.2) is 4.68 Å². The third-order valence-electron chi connectivity index (χ3n) is 4.90. The molecule has 0 bridgehead atoms. The zero-order chi connectivity index (χ0) is 20.8. The van der Waals surface area contributed by atoms with Crippen molar-refractivity contribution in [1.82, 2.24) is 15.0 Å². The van der Waals surface area contributed by atoms with Gasteiger partial charge in [-0.2, -0.15) is 0 Å². The largest absolute Gasteiger partial charge is 0.573 e. The maximum Gasteiger partial charge on any atom is 0.573 e. The number of carbonyl (C=O) groups is 1. The van der Waals surface area contributed by atoms with Gasteiger partial charge in [0.25, 0.3) is 5.56 Å². The molecule has 0 saturated heterocycles. The van der Waals surface area contributed by atoms with Gasteiger partial charge in [0.2, 0.25) is 0 Å². The third kappa shape index (κ3) is 3.78. The fourth-order valence-corrected chi connectivity index (χ4v) is 3.09. The van der Waals surface area contributed by atoms with Crippen LogP contribution in [0.5, 0.6) is 5.75 Å². The molecule has 150 valence electrons. The fraction of sp³-hybridized carbons (Fsp3) is 0.263. The van der Waals surface area contributed by atoms with Crippen LogP contribution in [0.3, 0.4) is 0 Å². The SMILES string of the molecule is O=C(O)C1(Cn2nnc3ccc(-c4ccc(OC(F)(F)F)cc4)cc3c2=O)CC1. The summed E-state index contributed by atoms with van der Waals surface area (Å²) >= 11 is 0. The number of carboxylic acids is 1. The van der Waals surface area contributed by atoms with Crippen molar-refractivity contribution in [2.45, 2.75) is 25.7 Å². The first-order valence-corrected chi connectivity index (χ1v) is 8.64. The number of hydrogen-bond donors (Lipinski definition) is 1. The van der Waals surface area contributed by atoms with Gasteiger partial charge in [0.1, 0.15) is 11.3 Å². The highest BCUT2D eigenvalue weighted by Gasteiger charge is 2.51. The molecule has 0 atom stereocenters. The Bertz CT molecular complexity index is 1150. The normalized spacial score (nSPS) is 15.3. The minimum atomic E-state index is -4.77. The topological polar surface area (TPSA) is 94.3 Å². The lowest BCUT2D eigenvalue weighted by Gasteiger charge is -2.11. The van der Waals surface area contributed by atoms with E-state index in [1.54, 1.807) is 18.2 Å². The molecule has 10 heteroatoms. The second kappa shape index (κ2) is 6.57. The number of carboxylic acid groups (broad SMARTS) is 1. The van der Waals surface area contributed by atoms with Crippen molar-refractivity contribution in [3.63, 3.8) is 0 Å². The summed E-state index contributed by atoms with van der Waals surface area (Å²) < 4.78 is 41.8. The van der Waals surface area contributed by atoms with Gasteiger partial charge in [-0.15, -0.1) is 18.3 Å². The molecule has 29 heavy (non-hydrogen) atoms. The number of rotatable bonds is 5. The molecule has 1 N–H and O–H groups in total. The van der Waals surface area contributed by atoms with Crippen molar-refractivity contribution >= 4 is 16.9 Å². The van der Waals surface area contributed by atoms with Crippen LogP contribution >= 0.6 is 0 Å². The van der Waals surface area contributed by atoms with Gasteiger partial charge in [-0.05, 0) is 48.2 Å². The number of fused-ring (bicyclic) bond motifs is 1. The lowest BCUT2D eigenvalue weighted by molar-refractivity contribution is -0.274. The Labute approximate surface area is 161 Å². The van der Waals surface area contributed by atoms with E-state index in [0.29, 0.717) is 29.5 Å². The molecule has 0 amide bonds. The Morgan fingerprint density at radius 3 is 2.38 bits per heavy atom. The first-order valence-electron chi connectivity index (χ1n) is 8.64. The van der Waals surface area contributed by atoms with Crippen LogP contribution < -0.4 is 10.3 Å². The summed E-state index contributed by atoms with van der Waals surface area (Å²) in [5, 5.41) is 17.4. The maximum atomic E-state index is 12.8. The molecule has 0 aliphatic heterocycles. The minimum Gasteiger partial charge on any atom is -0.481 e. The van der Waals surface area contributed by atoms with Crippen LogP contribution in [0.25, 0.3) is 22.0 Å². The average Bonchev–Trinajstić information content (AvgIpc) is 3.44. The third-order valence-corrected chi connectivity index (χ3v) is 4.90. The lowest BCUT2D eigenvalue weighted by Crippen LogP contribution is -2.31. The van der Waals surface area contributed by atoms with Crippen LogP contribution in [0.15, 0.2) is 47.3 Å². The van der Waals surface area contributed by atoms with Crippen molar-refractivity contribution in [3.8, 4) is 16.9 Å². The van der Waals surface area contributed by atoms with Crippen LogP contribution in [0.2, 0.25) is 0 Å². The highest BCUT2D eigenvalue weighted by molar-refractivity contribution is 5.83. The van der Waals surface area contributed by atoms with Crippen molar-refractivity contribution in [2.24, 2.45) is 5.41 Å². The predicted molar refractivity (Wildman–Crippen MR) is 95.2 cm³/mol. The van der Waals surface area contributed by atoms with E-state index in [1.165, 1.54) is 24.3 Å². The molecular formula is C19H14F3N3O4. The van der Waals surface area contributed by atoms with Crippen LogP contribution in [-0.2, 0) is 11.3 Å². The van der Waals surface area contributed by atoms with E-state index < -0.39 is 23.3 Å². The van der Waals surface area contributed by atoms with Crippen LogP contribution in [0.1, 0.15) is 12.8 Å². The zero-order valence-corrected chi connectivity index (χ0v) is 14.8. The standard InChI is InChI=1S/C19H14F3N3O4/c20-19(21,22)29-13-4-1-11(2-5-13)12-3-6-15-14(9-12)16(26)25(24-23-15)10-18(7-8-18)17(27)28/h1-6,9H,7-8,10H2,(H,27,28). The molecule has 1 fully saturated rings. The van der Waals surface area contributed by atoms with Crippen LogP contribution in [0, 0.1) is 5.41 Å². The molecule has 1 heterocycles. The second-order valence-electron chi connectivity index (χ2n) is 6.94. The number of halogens is 3. The Hall–Kier alpha value is -3.43. The summed E-state index contributed by atoms with van der Waals surface area (Å²) in [6.07, 6.45) is -3.83. The Balaban J connectivity index is 1.67. The second-order valence-corrected chi connectivity index (χ2v) is 6.94. The van der Waals surface area contributed by atoms with Gasteiger partial charge in [0, 0.05) is 0 Å². The Morgan fingerprint density at radius 2 is 1.79 bits per heavy atom. The van der Waals surface area contributed by atoms with Gasteiger partial charge in [0.05, 0.1) is 17.3 Å². The van der Waals surface area contributed by atoms with E-state index in [2.05, 4.69) is 15.0 Å². The summed E-state index contributed by atoms with van der Waals surface area (Å²) in [5.41, 5.74) is 0.0621. The molecule has 0 radical (unpaired) electrons. The summed E-state index contributed by atoms with van der Waals surface area (Å²) in [6, 6.07) is 10.0. The van der Waals surface area contributed by atoms with E-state index in [4.69, 9.17) is 0 Å². The predicted octanol–water partition coefficient (Wildman–Crippen LogP) is 3.22. The number of aromatic nitrogens is 3. The number of aliphatic carboxylic acids is 1. The molecule has 7 nitrogen and oxygen atoms in total. The molecule has 3 aromatic rings. The van der Waals surface area contributed by atoms with E-state index in [-0.39, 0.29) is 17.7 Å². The Morgan fingerprint density at radius 1 is 1.14 bits per heavy atom. The smallest absolute Gasteiger partial charge is 0.481 e. The first kappa shape index (κ1) is 18.9. The van der Waals surface area contributed by atoms with Gasteiger partial charge < -0.3 is 9.84 Å². The number of hydrogen-bond acceptors (Lipinski definition) is 5. The van der Waals surface area contributed by atoms with Gasteiger partial charge in [-0.1, -0.05) is 23.4 Å². The molecule has 1 aliphatic carbocycles. The number of benzene rings is 2. The fourth-order valence-electron chi connectivity index (χ4n) is 3.09. The van der Waals surface area contributed by atoms with Gasteiger partial charge in [-0.3, -0.25) is 9.59 Å². The minimum absolute atomic E-state index is 0.0577. The molecule has 1 aliphatic rings. The molecular weight excluding hydrogens is 391 g/mol. The molecule has 0 unspecified atom stereocenters. The van der Waals surface area contributed by atoms with Crippen molar-refractivity contribution < 1.29 is 27.8 Å². The van der Waals surface area contributed by atoms with Crippen molar-refractivity contribution in [1.29, 1.82) is 0 Å². The van der Waals surface area contributed by atoms with Gasteiger partial charge in [0.15, 0.2) is 0 Å². The van der Waals surface area contributed by atoms with Crippen molar-refractivity contribution in [2.75, 3.05) is 0 Å². The molecule has 4 rings (SSSR count). The quantitative estimate of drug-likeness (QED) is 0.701. The van der Waals surface area contributed by atoms with Gasteiger partial charge >= 0.3 is 12.3 Å². The zero-order valence-electron chi connectivity index (χ0n) is 14.8.